The van der Waals surface area contributed by atoms with E-state index in [0.717, 1.165) is 38.9 Å². The fourth-order valence-electron chi connectivity index (χ4n) is 2.48. The summed E-state index contributed by atoms with van der Waals surface area (Å²) in [5.74, 6) is 0. The molecule has 3 N–H and O–H groups in total. The van der Waals surface area contributed by atoms with Gasteiger partial charge in [-0.25, -0.2) is 0 Å². The van der Waals surface area contributed by atoms with Crippen molar-refractivity contribution in [3.63, 3.8) is 0 Å². The topological polar surface area (TPSA) is 55.5 Å². The monoisotopic (exact) mass is 201 g/mol. The van der Waals surface area contributed by atoms with E-state index in [-0.39, 0.29) is 5.41 Å². The normalized spacial score (nSPS) is 25.7. The quantitative estimate of drug-likeness (QED) is 0.720. The molecule has 3 heteroatoms. The minimum atomic E-state index is -0.639. The SMILES string of the molecule is CCCC(C)(O)C1(CN)CCOCC1. The molecule has 3 nitrogen and oxygen atoms in total. The lowest BCUT2D eigenvalue weighted by Gasteiger charge is -2.47. The number of ether oxygens (including phenoxy) is 1. The first-order valence-corrected chi connectivity index (χ1v) is 5.58. The van der Waals surface area contributed by atoms with E-state index in [9.17, 15) is 5.11 Å². The molecule has 1 rings (SSSR count). The third-order valence-electron chi connectivity index (χ3n) is 3.72. The molecule has 0 aromatic carbocycles. The van der Waals surface area contributed by atoms with Crippen LogP contribution in [0.2, 0.25) is 0 Å². The van der Waals surface area contributed by atoms with Crippen molar-refractivity contribution in [1.82, 2.24) is 0 Å². The number of nitrogens with two attached hydrogens (primary N) is 1. The number of rotatable bonds is 4. The van der Waals surface area contributed by atoms with Gasteiger partial charge in [-0.15, -0.1) is 0 Å². The Morgan fingerprint density at radius 2 is 2.00 bits per heavy atom. The minimum absolute atomic E-state index is 0.124. The van der Waals surface area contributed by atoms with Crippen LogP contribution in [0, 0.1) is 5.41 Å². The van der Waals surface area contributed by atoms with Crippen molar-refractivity contribution < 1.29 is 9.84 Å². The summed E-state index contributed by atoms with van der Waals surface area (Å²) >= 11 is 0. The van der Waals surface area contributed by atoms with Crippen molar-refractivity contribution in [3.05, 3.63) is 0 Å². The summed E-state index contributed by atoms with van der Waals surface area (Å²) < 4.78 is 5.33. The Morgan fingerprint density at radius 3 is 2.43 bits per heavy atom. The summed E-state index contributed by atoms with van der Waals surface area (Å²) in [6.45, 7) is 6.05. The summed E-state index contributed by atoms with van der Waals surface area (Å²) in [4.78, 5) is 0. The lowest BCUT2D eigenvalue weighted by Crippen LogP contribution is -2.53. The van der Waals surface area contributed by atoms with Gasteiger partial charge in [0.25, 0.3) is 0 Å². The first-order valence-electron chi connectivity index (χ1n) is 5.58. The second-order valence-electron chi connectivity index (χ2n) is 4.62. The highest BCUT2D eigenvalue weighted by atomic mass is 16.5. The van der Waals surface area contributed by atoms with E-state index >= 15 is 0 Å². The van der Waals surface area contributed by atoms with Crippen molar-refractivity contribution in [2.24, 2.45) is 11.1 Å². The molecule has 1 saturated heterocycles. The van der Waals surface area contributed by atoms with Gasteiger partial charge in [0.1, 0.15) is 0 Å². The third kappa shape index (κ3) is 2.10. The van der Waals surface area contributed by atoms with Crippen LogP contribution in [0.5, 0.6) is 0 Å². The number of aliphatic hydroxyl groups is 1. The predicted octanol–water partition coefficient (Wildman–Crippen LogP) is 1.29. The number of hydrogen-bond acceptors (Lipinski definition) is 3. The molecule has 0 aromatic heterocycles. The molecule has 1 heterocycles. The second kappa shape index (κ2) is 4.60. The lowest BCUT2D eigenvalue weighted by molar-refractivity contribution is -0.122. The molecule has 84 valence electrons. The largest absolute Gasteiger partial charge is 0.390 e. The van der Waals surface area contributed by atoms with Crippen LogP contribution in [0.3, 0.4) is 0 Å². The summed E-state index contributed by atoms with van der Waals surface area (Å²) in [5, 5.41) is 10.5. The van der Waals surface area contributed by atoms with E-state index in [1.165, 1.54) is 0 Å². The molecule has 0 amide bonds. The molecule has 0 spiro atoms. The van der Waals surface area contributed by atoms with Crippen LogP contribution in [0.25, 0.3) is 0 Å². The Hall–Kier alpha value is -0.120. The third-order valence-corrected chi connectivity index (χ3v) is 3.72. The standard InChI is InChI=1S/C11H23NO2/c1-3-4-10(2,13)11(9-12)5-7-14-8-6-11/h13H,3-9,12H2,1-2H3. The number of hydrogen-bond donors (Lipinski definition) is 2. The van der Waals surface area contributed by atoms with Crippen LogP contribution in [-0.2, 0) is 4.74 Å². The van der Waals surface area contributed by atoms with Crippen LogP contribution in [0.4, 0.5) is 0 Å². The first kappa shape index (κ1) is 12.0. The maximum Gasteiger partial charge on any atom is 0.0689 e. The average molecular weight is 201 g/mol. The van der Waals surface area contributed by atoms with Crippen molar-refractivity contribution in [3.8, 4) is 0 Å². The summed E-state index contributed by atoms with van der Waals surface area (Å²) in [6.07, 6.45) is 3.59. The van der Waals surface area contributed by atoms with Crippen LogP contribution >= 0.6 is 0 Å². The zero-order chi connectivity index (χ0) is 10.7. The lowest BCUT2D eigenvalue weighted by atomic mass is 9.66. The highest BCUT2D eigenvalue weighted by molar-refractivity contribution is 4.97. The van der Waals surface area contributed by atoms with Crippen LogP contribution in [0.1, 0.15) is 39.5 Å². The highest BCUT2D eigenvalue weighted by Crippen LogP contribution is 2.42. The molecule has 1 unspecified atom stereocenters. The Morgan fingerprint density at radius 1 is 1.43 bits per heavy atom. The van der Waals surface area contributed by atoms with Crippen LogP contribution in [-0.4, -0.2) is 30.5 Å². The predicted molar refractivity (Wildman–Crippen MR) is 57.1 cm³/mol. The molecule has 0 aromatic rings. The van der Waals surface area contributed by atoms with E-state index in [1.54, 1.807) is 0 Å². The maximum atomic E-state index is 10.5. The van der Waals surface area contributed by atoms with Gasteiger partial charge in [-0.3, -0.25) is 0 Å². The van der Waals surface area contributed by atoms with Gasteiger partial charge in [-0.2, -0.15) is 0 Å². The molecule has 1 aliphatic heterocycles. The van der Waals surface area contributed by atoms with Crippen molar-refractivity contribution in [1.29, 1.82) is 0 Å². The smallest absolute Gasteiger partial charge is 0.0689 e. The molecular weight excluding hydrogens is 178 g/mol. The molecule has 0 saturated carbocycles. The van der Waals surface area contributed by atoms with Crippen molar-refractivity contribution in [2.45, 2.75) is 45.1 Å². The van der Waals surface area contributed by atoms with Gasteiger partial charge >= 0.3 is 0 Å². The minimum Gasteiger partial charge on any atom is -0.390 e. The second-order valence-corrected chi connectivity index (χ2v) is 4.62. The highest BCUT2D eigenvalue weighted by Gasteiger charge is 2.46. The van der Waals surface area contributed by atoms with Crippen molar-refractivity contribution in [2.75, 3.05) is 19.8 Å². The van der Waals surface area contributed by atoms with Gasteiger partial charge in [0.05, 0.1) is 5.60 Å². The van der Waals surface area contributed by atoms with Gasteiger partial charge in [-0.1, -0.05) is 13.3 Å². The van der Waals surface area contributed by atoms with E-state index in [0.29, 0.717) is 6.54 Å². The fourth-order valence-corrected chi connectivity index (χ4v) is 2.48. The summed E-state index contributed by atoms with van der Waals surface area (Å²) in [6, 6.07) is 0. The zero-order valence-electron chi connectivity index (χ0n) is 9.38. The maximum absolute atomic E-state index is 10.5. The van der Waals surface area contributed by atoms with Crippen LogP contribution in [0.15, 0.2) is 0 Å². The average Bonchev–Trinajstić information content (AvgIpc) is 2.18. The molecule has 1 atom stereocenters. The van der Waals surface area contributed by atoms with E-state index in [1.807, 2.05) is 6.92 Å². The molecule has 0 radical (unpaired) electrons. The van der Waals surface area contributed by atoms with Gasteiger partial charge < -0.3 is 15.6 Å². The van der Waals surface area contributed by atoms with Gasteiger partial charge in [0.15, 0.2) is 0 Å². The summed E-state index contributed by atoms with van der Waals surface area (Å²) in [7, 11) is 0. The van der Waals surface area contributed by atoms with Crippen molar-refractivity contribution >= 4 is 0 Å². The molecule has 0 aliphatic carbocycles. The van der Waals surface area contributed by atoms with Crippen LogP contribution < -0.4 is 5.73 Å². The van der Waals surface area contributed by atoms with E-state index < -0.39 is 5.60 Å². The molecular formula is C11H23NO2. The molecule has 1 fully saturated rings. The van der Waals surface area contributed by atoms with Gasteiger partial charge in [0, 0.05) is 25.2 Å². The first-order chi connectivity index (χ1) is 6.58. The Labute approximate surface area is 86.6 Å². The van der Waals surface area contributed by atoms with E-state index in [4.69, 9.17) is 10.5 Å². The Bertz CT molecular complexity index is 174. The zero-order valence-corrected chi connectivity index (χ0v) is 9.38. The van der Waals surface area contributed by atoms with Gasteiger partial charge in [-0.05, 0) is 26.2 Å². The molecule has 1 aliphatic rings. The van der Waals surface area contributed by atoms with E-state index in [2.05, 4.69) is 6.92 Å². The molecule has 0 bridgehead atoms. The Balaban J connectivity index is 2.75. The fraction of sp³-hybridized carbons (Fsp3) is 1.00. The summed E-state index contributed by atoms with van der Waals surface area (Å²) in [5.41, 5.74) is 5.08. The molecule has 14 heavy (non-hydrogen) atoms. The van der Waals surface area contributed by atoms with Gasteiger partial charge in [0.2, 0.25) is 0 Å². The Kier molecular flexibility index (Phi) is 3.93.